The van der Waals surface area contributed by atoms with E-state index in [0.29, 0.717) is 12.8 Å². The van der Waals surface area contributed by atoms with E-state index in [1.807, 2.05) is 6.07 Å². The Kier molecular flexibility index (Phi) is 7.65. The van der Waals surface area contributed by atoms with Crippen molar-refractivity contribution in [3.05, 3.63) is 106 Å². The SMILES string of the molecule is N#Cc1cc(C(=O)NCCc2cccc(F)c2)cc(C(=O)NCCc2cccc(F)c2)c1. The molecule has 5 nitrogen and oxygen atoms in total. The van der Waals surface area contributed by atoms with Crippen molar-refractivity contribution in [2.24, 2.45) is 0 Å². The van der Waals surface area contributed by atoms with Gasteiger partial charge in [0.25, 0.3) is 11.8 Å². The van der Waals surface area contributed by atoms with E-state index in [2.05, 4.69) is 10.6 Å². The average molecular weight is 433 g/mol. The van der Waals surface area contributed by atoms with E-state index in [0.717, 1.165) is 11.1 Å². The molecule has 0 bridgehead atoms. The van der Waals surface area contributed by atoms with Gasteiger partial charge >= 0.3 is 0 Å². The molecule has 32 heavy (non-hydrogen) atoms. The third-order valence-electron chi connectivity index (χ3n) is 4.76. The highest BCUT2D eigenvalue weighted by atomic mass is 19.1. The van der Waals surface area contributed by atoms with Crippen LogP contribution >= 0.6 is 0 Å². The number of hydrogen-bond acceptors (Lipinski definition) is 3. The highest BCUT2D eigenvalue weighted by Crippen LogP contribution is 2.11. The summed E-state index contributed by atoms with van der Waals surface area (Å²) in [4.78, 5) is 25.0. The first kappa shape index (κ1) is 22.6. The van der Waals surface area contributed by atoms with Gasteiger partial charge < -0.3 is 10.6 Å². The largest absolute Gasteiger partial charge is 0.352 e. The van der Waals surface area contributed by atoms with Gasteiger partial charge in [0.2, 0.25) is 0 Å². The van der Waals surface area contributed by atoms with Crippen molar-refractivity contribution in [2.45, 2.75) is 12.8 Å². The predicted octanol–water partition coefficient (Wildman–Crippen LogP) is 3.78. The van der Waals surface area contributed by atoms with Gasteiger partial charge in [-0.3, -0.25) is 9.59 Å². The van der Waals surface area contributed by atoms with Crippen LogP contribution in [0.3, 0.4) is 0 Å². The van der Waals surface area contributed by atoms with Gasteiger partial charge in [0.15, 0.2) is 0 Å². The number of carbonyl (C=O) groups is 2. The summed E-state index contributed by atoms with van der Waals surface area (Å²) in [6.07, 6.45) is 0.879. The van der Waals surface area contributed by atoms with Crippen LogP contribution in [0.25, 0.3) is 0 Å². The Bertz CT molecular complexity index is 1090. The zero-order chi connectivity index (χ0) is 22.9. The number of amides is 2. The van der Waals surface area contributed by atoms with Gasteiger partial charge in [-0.2, -0.15) is 5.26 Å². The number of carbonyl (C=O) groups excluding carboxylic acids is 2. The Labute approximate surface area is 184 Å². The zero-order valence-corrected chi connectivity index (χ0v) is 17.2. The molecule has 0 spiro atoms. The van der Waals surface area contributed by atoms with E-state index in [9.17, 15) is 23.6 Å². The molecule has 0 atom stereocenters. The Morgan fingerprint density at radius 3 is 1.62 bits per heavy atom. The Hall–Kier alpha value is -4.05. The molecule has 0 aromatic heterocycles. The second-order valence-electron chi connectivity index (χ2n) is 7.18. The van der Waals surface area contributed by atoms with Gasteiger partial charge in [0, 0.05) is 24.2 Å². The Morgan fingerprint density at radius 1 is 0.750 bits per heavy atom. The molecule has 0 radical (unpaired) electrons. The fourth-order valence-electron chi connectivity index (χ4n) is 3.18. The molecule has 0 saturated heterocycles. The number of nitrogens with zero attached hydrogens (tertiary/aromatic N) is 1. The topological polar surface area (TPSA) is 82.0 Å². The molecule has 0 heterocycles. The predicted molar refractivity (Wildman–Crippen MR) is 116 cm³/mol. The molecule has 3 aromatic carbocycles. The summed E-state index contributed by atoms with van der Waals surface area (Å²) in [5.41, 5.74) is 2.03. The first-order chi connectivity index (χ1) is 15.4. The summed E-state index contributed by atoms with van der Waals surface area (Å²) >= 11 is 0. The number of nitriles is 1. The molecule has 0 aliphatic carbocycles. The number of nitrogens with one attached hydrogen (secondary N) is 2. The van der Waals surface area contributed by atoms with Crippen molar-refractivity contribution in [2.75, 3.05) is 13.1 Å². The Morgan fingerprint density at radius 2 is 1.22 bits per heavy atom. The third-order valence-corrected chi connectivity index (χ3v) is 4.76. The maximum atomic E-state index is 13.3. The van der Waals surface area contributed by atoms with Crippen LogP contribution in [0, 0.1) is 23.0 Å². The summed E-state index contributed by atoms with van der Waals surface area (Å²) in [5.74, 6) is -1.56. The minimum Gasteiger partial charge on any atom is -0.352 e. The fourth-order valence-corrected chi connectivity index (χ4v) is 3.18. The van der Waals surface area contributed by atoms with E-state index in [-0.39, 0.29) is 41.4 Å². The number of rotatable bonds is 8. The second kappa shape index (κ2) is 10.8. The van der Waals surface area contributed by atoms with Crippen LogP contribution in [-0.2, 0) is 12.8 Å². The summed E-state index contributed by atoms with van der Waals surface area (Å²) < 4.78 is 26.5. The van der Waals surface area contributed by atoms with E-state index in [4.69, 9.17) is 0 Å². The summed E-state index contributed by atoms with van der Waals surface area (Å²) in [6.45, 7) is 0.544. The summed E-state index contributed by atoms with van der Waals surface area (Å²) in [7, 11) is 0. The lowest BCUT2D eigenvalue weighted by Crippen LogP contribution is -2.28. The number of hydrogen-bond donors (Lipinski definition) is 2. The lowest BCUT2D eigenvalue weighted by molar-refractivity contribution is 0.0953. The van der Waals surface area contributed by atoms with Crippen molar-refractivity contribution in [3.63, 3.8) is 0 Å². The van der Waals surface area contributed by atoms with E-state index >= 15 is 0 Å². The summed E-state index contributed by atoms with van der Waals surface area (Å²) in [6, 6.07) is 18.4. The van der Waals surface area contributed by atoms with Gasteiger partial charge in [-0.05, 0) is 66.4 Å². The van der Waals surface area contributed by atoms with Crippen molar-refractivity contribution < 1.29 is 18.4 Å². The number of halogens is 2. The molecule has 3 aromatic rings. The van der Waals surface area contributed by atoms with Gasteiger partial charge in [0.05, 0.1) is 11.6 Å². The minimum atomic E-state index is -0.438. The molecule has 2 amide bonds. The van der Waals surface area contributed by atoms with Crippen LogP contribution in [0.2, 0.25) is 0 Å². The molecule has 162 valence electrons. The van der Waals surface area contributed by atoms with Crippen LogP contribution in [0.5, 0.6) is 0 Å². The minimum absolute atomic E-state index is 0.179. The van der Waals surface area contributed by atoms with E-state index in [1.54, 1.807) is 24.3 Å². The van der Waals surface area contributed by atoms with Gasteiger partial charge in [0.1, 0.15) is 11.6 Å². The highest BCUT2D eigenvalue weighted by Gasteiger charge is 2.13. The molecule has 0 saturated carbocycles. The average Bonchev–Trinajstić information content (AvgIpc) is 2.78. The molecule has 7 heteroatoms. The third kappa shape index (κ3) is 6.47. The van der Waals surface area contributed by atoms with Gasteiger partial charge in [-0.1, -0.05) is 24.3 Å². The van der Waals surface area contributed by atoms with Crippen molar-refractivity contribution >= 4 is 11.8 Å². The fraction of sp³-hybridized carbons (Fsp3) is 0.160. The van der Waals surface area contributed by atoms with Gasteiger partial charge in [-0.25, -0.2) is 8.78 Å². The molecule has 0 unspecified atom stereocenters. The molecule has 0 aliphatic heterocycles. The smallest absolute Gasteiger partial charge is 0.251 e. The monoisotopic (exact) mass is 433 g/mol. The lowest BCUT2D eigenvalue weighted by Gasteiger charge is -2.09. The first-order valence-corrected chi connectivity index (χ1v) is 10.0. The van der Waals surface area contributed by atoms with Crippen LogP contribution in [0.4, 0.5) is 8.78 Å². The number of benzene rings is 3. The van der Waals surface area contributed by atoms with Crippen molar-refractivity contribution in [1.29, 1.82) is 5.26 Å². The molecule has 0 fully saturated rings. The van der Waals surface area contributed by atoms with Crippen LogP contribution < -0.4 is 10.6 Å². The van der Waals surface area contributed by atoms with E-state index in [1.165, 1.54) is 42.5 Å². The van der Waals surface area contributed by atoms with Crippen molar-refractivity contribution in [1.82, 2.24) is 10.6 Å². The Balaban J connectivity index is 1.60. The van der Waals surface area contributed by atoms with Crippen molar-refractivity contribution in [3.8, 4) is 6.07 Å². The molecule has 2 N–H and O–H groups in total. The lowest BCUT2D eigenvalue weighted by atomic mass is 10.0. The van der Waals surface area contributed by atoms with Gasteiger partial charge in [-0.15, -0.1) is 0 Å². The molecule has 3 rings (SSSR count). The standard InChI is InChI=1S/C25H21F2N3O2/c26-22-5-1-3-17(13-22)7-9-29-24(31)20-11-19(16-28)12-21(15-20)25(32)30-10-8-18-4-2-6-23(27)14-18/h1-6,11-15H,7-10H2,(H,29,31)(H,30,32). The van der Waals surface area contributed by atoms with Crippen LogP contribution in [0.15, 0.2) is 66.7 Å². The van der Waals surface area contributed by atoms with E-state index < -0.39 is 11.8 Å². The zero-order valence-electron chi connectivity index (χ0n) is 17.2. The second-order valence-corrected chi connectivity index (χ2v) is 7.18. The molecule has 0 aliphatic rings. The molecular weight excluding hydrogens is 412 g/mol. The highest BCUT2D eigenvalue weighted by molar-refractivity contribution is 6.00. The van der Waals surface area contributed by atoms with Crippen LogP contribution in [0.1, 0.15) is 37.4 Å². The maximum absolute atomic E-state index is 13.3. The van der Waals surface area contributed by atoms with Crippen LogP contribution in [-0.4, -0.2) is 24.9 Å². The normalized spacial score (nSPS) is 10.3. The quantitative estimate of drug-likeness (QED) is 0.567. The molecular formula is C25H21F2N3O2. The first-order valence-electron chi connectivity index (χ1n) is 10.0. The maximum Gasteiger partial charge on any atom is 0.251 e. The summed E-state index contributed by atoms with van der Waals surface area (Å²) in [5, 5.41) is 14.7.